The lowest BCUT2D eigenvalue weighted by Crippen LogP contribution is -2.30. The fraction of sp³-hybridized carbons (Fsp3) is 0.875. The van der Waals surface area contributed by atoms with Gasteiger partial charge >= 0.3 is 5.97 Å². The third kappa shape index (κ3) is 7.97. The number of ether oxygens (including phenoxy) is 1. The minimum atomic E-state index is -0.173. The molecule has 2 aliphatic rings. The molecular weight excluding hydrogens is 334 g/mol. The molecule has 3 heteroatoms. The van der Waals surface area contributed by atoms with E-state index in [1.807, 2.05) is 14.1 Å². The normalized spacial score (nSPS) is 28.9. The number of nitrogens with zero attached hydrogens (tertiary/aromatic N) is 1. The summed E-state index contributed by atoms with van der Waals surface area (Å²) in [5.41, 5.74) is 0.618. The molecule has 0 aliphatic heterocycles. The highest BCUT2D eigenvalue weighted by Gasteiger charge is 2.32. The van der Waals surface area contributed by atoms with E-state index < -0.39 is 0 Å². The SMILES string of the molecule is C=C(CCN(C)C)C(=O)OC1CCC(C2CCC(CCCCC)CC2)CC1. The Morgan fingerprint density at radius 1 is 0.963 bits per heavy atom. The average molecular weight is 378 g/mol. The summed E-state index contributed by atoms with van der Waals surface area (Å²) in [7, 11) is 4.02. The van der Waals surface area contributed by atoms with E-state index in [1.54, 1.807) is 0 Å². The summed E-state index contributed by atoms with van der Waals surface area (Å²) in [6, 6.07) is 0. The zero-order valence-corrected chi connectivity index (χ0v) is 18.2. The molecule has 2 fully saturated rings. The molecule has 27 heavy (non-hydrogen) atoms. The third-order valence-corrected chi connectivity index (χ3v) is 6.92. The molecule has 0 aromatic heterocycles. The van der Waals surface area contributed by atoms with Gasteiger partial charge in [0.05, 0.1) is 0 Å². The summed E-state index contributed by atoms with van der Waals surface area (Å²) in [5.74, 6) is 2.62. The minimum absolute atomic E-state index is 0.121. The zero-order chi connectivity index (χ0) is 19.6. The summed E-state index contributed by atoms with van der Waals surface area (Å²) in [6.45, 7) is 7.06. The summed E-state index contributed by atoms with van der Waals surface area (Å²) < 4.78 is 5.74. The Balaban J connectivity index is 1.63. The zero-order valence-electron chi connectivity index (χ0n) is 18.2. The molecule has 3 nitrogen and oxygen atoms in total. The number of esters is 1. The van der Waals surface area contributed by atoms with Crippen LogP contribution in [0.1, 0.15) is 90.4 Å². The molecule has 0 aromatic carbocycles. The summed E-state index contributed by atoms with van der Waals surface area (Å²) in [5, 5.41) is 0. The van der Waals surface area contributed by atoms with Crippen molar-refractivity contribution in [2.45, 2.75) is 96.5 Å². The molecule has 0 radical (unpaired) electrons. The van der Waals surface area contributed by atoms with Crippen LogP contribution in [0.2, 0.25) is 0 Å². The lowest BCUT2D eigenvalue weighted by atomic mass is 9.70. The topological polar surface area (TPSA) is 29.5 Å². The van der Waals surface area contributed by atoms with E-state index in [0.29, 0.717) is 12.0 Å². The number of hydrogen-bond donors (Lipinski definition) is 0. The molecule has 0 amide bonds. The maximum Gasteiger partial charge on any atom is 0.333 e. The van der Waals surface area contributed by atoms with Crippen LogP contribution in [-0.2, 0) is 9.53 Å². The van der Waals surface area contributed by atoms with Crippen molar-refractivity contribution in [2.75, 3.05) is 20.6 Å². The Labute approximate surface area is 167 Å². The van der Waals surface area contributed by atoms with Crippen LogP contribution in [0.15, 0.2) is 12.2 Å². The molecule has 0 unspecified atom stereocenters. The van der Waals surface area contributed by atoms with Gasteiger partial charge in [-0.15, -0.1) is 0 Å². The summed E-state index contributed by atoms with van der Waals surface area (Å²) in [4.78, 5) is 14.3. The first kappa shape index (κ1) is 22.5. The highest BCUT2D eigenvalue weighted by molar-refractivity contribution is 5.87. The second-order valence-electron chi connectivity index (χ2n) is 9.38. The van der Waals surface area contributed by atoms with Gasteiger partial charge in [-0.3, -0.25) is 0 Å². The third-order valence-electron chi connectivity index (χ3n) is 6.92. The maximum absolute atomic E-state index is 12.2. The Morgan fingerprint density at radius 2 is 1.56 bits per heavy atom. The van der Waals surface area contributed by atoms with Crippen LogP contribution in [0.25, 0.3) is 0 Å². The van der Waals surface area contributed by atoms with Gasteiger partial charge in [0.1, 0.15) is 6.10 Å². The first-order valence-electron chi connectivity index (χ1n) is 11.5. The Kier molecular flexibility index (Phi) is 9.89. The Morgan fingerprint density at radius 3 is 2.11 bits per heavy atom. The van der Waals surface area contributed by atoms with Crippen molar-refractivity contribution in [3.8, 4) is 0 Å². The lowest BCUT2D eigenvalue weighted by Gasteiger charge is -2.37. The quantitative estimate of drug-likeness (QED) is 0.266. The standard InChI is InChI=1S/C24H43NO2/c1-5-6-7-8-20-9-11-21(12-10-20)22-13-15-23(16-14-22)27-24(26)19(2)17-18-25(3)4/h20-23H,2,5-18H2,1,3-4H3. The number of unbranched alkanes of at least 4 members (excludes halogenated alkanes) is 2. The van der Waals surface area contributed by atoms with Gasteiger partial charge in [-0.05, 0) is 76.8 Å². The second kappa shape index (κ2) is 11.9. The fourth-order valence-electron chi connectivity index (χ4n) is 5.00. The molecule has 156 valence electrons. The van der Waals surface area contributed by atoms with Crippen molar-refractivity contribution < 1.29 is 9.53 Å². The van der Waals surface area contributed by atoms with Crippen LogP contribution < -0.4 is 0 Å². The van der Waals surface area contributed by atoms with Gasteiger partial charge in [-0.2, -0.15) is 0 Å². The van der Waals surface area contributed by atoms with E-state index >= 15 is 0 Å². The Bertz CT molecular complexity index is 443. The van der Waals surface area contributed by atoms with Crippen LogP contribution >= 0.6 is 0 Å². The van der Waals surface area contributed by atoms with Gasteiger partial charge in [0.25, 0.3) is 0 Å². The van der Waals surface area contributed by atoms with Gasteiger partial charge in [0, 0.05) is 12.1 Å². The van der Waals surface area contributed by atoms with Crippen LogP contribution in [0.5, 0.6) is 0 Å². The molecule has 0 saturated heterocycles. The van der Waals surface area contributed by atoms with Crippen LogP contribution in [0.3, 0.4) is 0 Å². The van der Waals surface area contributed by atoms with E-state index in [-0.39, 0.29) is 12.1 Å². The molecule has 0 bridgehead atoms. The van der Waals surface area contributed by atoms with E-state index in [0.717, 1.165) is 37.1 Å². The number of carbonyl (C=O) groups excluding carboxylic acids is 1. The monoisotopic (exact) mass is 377 g/mol. The first-order valence-corrected chi connectivity index (χ1v) is 11.5. The molecule has 2 rings (SSSR count). The van der Waals surface area contributed by atoms with Gasteiger partial charge in [0.2, 0.25) is 0 Å². The minimum Gasteiger partial charge on any atom is -0.459 e. The molecule has 0 spiro atoms. The van der Waals surface area contributed by atoms with Crippen LogP contribution in [0, 0.1) is 17.8 Å². The van der Waals surface area contributed by atoms with Crippen molar-refractivity contribution in [3.05, 3.63) is 12.2 Å². The van der Waals surface area contributed by atoms with Crippen LogP contribution in [0.4, 0.5) is 0 Å². The van der Waals surface area contributed by atoms with Crippen molar-refractivity contribution in [2.24, 2.45) is 17.8 Å². The van der Waals surface area contributed by atoms with E-state index in [9.17, 15) is 4.79 Å². The molecule has 0 atom stereocenters. The van der Waals surface area contributed by atoms with Gasteiger partial charge < -0.3 is 9.64 Å². The van der Waals surface area contributed by atoms with Crippen molar-refractivity contribution in [1.29, 1.82) is 0 Å². The first-order chi connectivity index (χ1) is 13.0. The van der Waals surface area contributed by atoms with Gasteiger partial charge in [-0.25, -0.2) is 4.79 Å². The Hall–Kier alpha value is -0.830. The van der Waals surface area contributed by atoms with Crippen molar-refractivity contribution in [3.63, 3.8) is 0 Å². The largest absolute Gasteiger partial charge is 0.459 e. The van der Waals surface area contributed by atoms with Crippen molar-refractivity contribution in [1.82, 2.24) is 4.90 Å². The number of carbonyl (C=O) groups is 1. The highest BCUT2D eigenvalue weighted by Crippen LogP contribution is 2.41. The molecule has 0 aromatic rings. The van der Waals surface area contributed by atoms with E-state index in [4.69, 9.17) is 4.74 Å². The summed E-state index contributed by atoms with van der Waals surface area (Å²) in [6.07, 6.45) is 16.8. The molecular formula is C24H43NO2. The van der Waals surface area contributed by atoms with Crippen molar-refractivity contribution >= 4 is 5.97 Å². The molecule has 2 saturated carbocycles. The lowest BCUT2D eigenvalue weighted by molar-refractivity contribution is -0.146. The van der Waals surface area contributed by atoms with E-state index in [1.165, 1.54) is 64.2 Å². The summed E-state index contributed by atoms with van der Waals surface area (Å²) >= 11 is 0. The van der Waals surface area contributed by atoms with E-state index in [2.05, 4.69) is 18.4 Å². The van der Waals surface area contributed by atoms with Gasteiger partial charge in [-0.1, -0.05) is 52.0 Å². The van der Waals surface area contributed by atoms with Gasteiger partial charge in [0.15, 0.2) is 0 Å². The predicted octanol–water partition coefficient (Wildman–Crippen LogP) is 5.98. The highest BCUT2D eigenvalue weighted by atomic mass is 16.5. The smallest absolute Gasteiger partial charge is 0.333 e. The average Bonchev–Trinajstić information content (AvgIpc) is 2.67. The molecule has 2 aliphatic carbocycles. The second-order valence-corrected chi connectivity index (χ2v) is 9.38. The maximum atomic E-state index is 12.2. The number of hydrogen-bond acceptors (Lipinski definition) is 3. The molecule has 0 N–H and O–H groups in total. The van der Waals surface area contributed by atoms with Crippen LogP contribution in [-0.4, -0.2) is 37.6 Å². The fourth-order valence-corrected chi connectivity index (χ4v) is 5.00. The predicted molar refractivity (Wildman–Crippen MR) is 114 cm³/mol. The number of rotatable bonds is 10. The molecule has 0 heterocycles.